The molecule has 0 bridgehead atoms. The fourth-order valence-corrected chi connectivity index (χ4v) is 7.84. The lowest BCUT2D eigenvalue weighted by molar-refractivity contribution is -0.122. The van der Waals surface area contributed by atoms with E-state index in [4.69, 9.17) is 16.3 Å². The minimum Gasteiger partial charge on any atom is -0.484 e. The summed E-state index contributed by atoms with van der Waals surface area (Å²) >= 11 is 7.01. The van der Waals surface area contributed by atoms with Crippen molar-refractivity contribution in [1.29, 1.82) is 10.5 Å². The third-order valence-electron chi connectivity index (χ3n) is 10.4. The number of halogens is 1. The molecule has 0 aromatic heterocycles. The summed E-state index contributed by atoms with van der Waals surface area (Å²) in [6.45, 7) is 12.1. The smallest absolute Gasteiger partial charge is 0.220 e. The van der Waals surface area contributed by atoms with Crippen molar-refractivity contribution in [3.63, 3.8) is 0 Å². The molecule has 1 heterocycles. The van der Waals surface area contributed by atoms with E-state index in [0.29, 0.717) is 41.4 Å². The van der Waals surface area contributed by atoms with E-state index in [1.807, 2.05) is 18.2 Å². The van der Waals surface area contributed by atoms with Crippen LogP contribution in [0.2, 0.25) is 5.02 Å². The number of rotatable bonds is 17. The van der Waals surface area contributed by atoms with Gasteiger partial charge in [-0.25, -0.2) is 0 Å². The minimum absolute atomic E-state index is 0.0981. The number of nitrogens with one attached hydrogen (secondary N) is 2. The van der Waals surface area contributed by atoms with Crippen molar-refractivity contribution >= 4 is 23.1 Å². The van der Waals surface area contributed by atoms with E-state index < -0.39 is 0 Å². The maximum absolute atomic E-state index is 11.7. The monoisotopic (exact) mass is 728 g/mol. The van der Waals surface area contributed by atoms with Crippen LogP contribution < -0.4 is 15.4 Å². The Kier molecular flexibility index (Phi) is 14.5. The largest absolute Gasteiger partial charge is 0.484 e. The van der Waals surface area contributed by atoms with E-state index in [9.17, 15) is 15.3 Å². The van der Waals surface area contributed by atoms with E-state index in [2.05, 4.69) is 92.6 Å². The van der Waals surface area contributed by atoms with E-state index in [1.54, 1.807) is 6.07 Å². The Balaban J connectivity index is 1.37. The van der Waals surface area contributed by atoms with Gasteiger partial charge in [-0.15, -0.1) is 0 Å². The molecule has 2 aliphatic rings. The van der Waals surface area contributed by atoms with Crippen molar-refractivity contribution < 1.29 is 9.53 Å². The molecule has 0 radical (unpaired) electrons. The van der Waals surface area contributed by atoms with Crippen LogP contribution in [0, 0.1) is 28.6 Å². The normalized spacial score (nSPS) is 17.5. The zero-order chi connectivity index (χ0) is 37.7. The number of carbonyl (C=O) groups excluding carboxylic acids is 1. The Morgan fingerprint density at radius 3 is 2.55 bits per heavy atom. The van der Waals surface area contributed by atoms with E-state index in [0.717, 1.165) is 61.6 Å². The molecule has 1 aliphatic heterocycles. The first-order chi connectivity index (χ1) is 25.7. The van der Waals surface area contributed by atoms with Crippen molar-refractivity contribution in [2.24, 2.45) is 5.92 Å². The molecule has 6 nitrogen and oxygen atoms in total. The summed E-state index contributed by atoms with van der Waals surface area (Å²) in [4.78, 5) is 11.7. The number of nitriles is 2. The lowest BCUT2D eigenvalue weighted by Crippen LogP contribution is -2.45. The van der Waals surface area contributed by atoms with Crippen molar-refractivity contribution in [1.82, 2.24) is 10.6 Å². The molecule has 1 saturated heterocycles. The quantitative estimate of drug-likeness (QED) is 0.107. The number of unbranched alkanes of at least 4 members (excludes halogenated alkanes) is 2. The molecule has 5 rings (SSSR count). The van der Waals surface area contributed by atoms with Gasteiger partial charge >= 0.3 is 0 Å². The second kappa shape index (κ2) is 19.5. The molecular formula is C46H53ClN4O2. The van der Waals surface area contributed by atoms with Gasteiger partial charge in [-0.2, -0.15) is 10.5 Å². The third-order valence-corrected chi connectivity index (χ3v) is 10.7. The number of piperidine rings is 1. The first-order valence-corrected chi connectivity index (χ1v) is 19.7. The van der Waals surface area contributed by atoms with Gasteiger partial charge in [0.15, 0.2) is 0 Å². The SMILES string of the molecule is C=C(/C=C\C=C(/CC)c1cccc2c1CC[C@@H]2Oc1cc(CC(C)Cc2cc(C#N)cc(C#N)c2)c(CNC2CCC(=O)NC2)cc1Cl)CCCCC. The van der Waals surface area contributed by atoms with Crippen LogP contribution in [0.15, 0.2) is 78.9 Å². The Hall–Kier alpha value is -4.62. The summed E-state index contributed by atoms with van der Waals surface area (Å²) in [5.41, 5.74) is 10.6. The van der Waals surface area contributed by atoms with Crippen LogP contribution in [0.5, 0.6) is 5.75 Å². The fraction of sp³-hybridized carbons (Fsp3) is 0.413. The van der Waals surface area contributed by atoms with E-state index >= 15 is 0 Å². The van der Waals surface area contributed by atoms with Crippen LogP contribution in [0.3, 0.4) is 0 Å². The highest BCUT2D eigenvalue weighted by molar-refractivity contribution is 6.32. The molecule has 1 aliphatic carbocycles. The molecule has 1 amide bonds. The first kappa shape index (κ1) is 39.6. The molecule has 276 valence electrons. The number of nitrogens with zero attached hydrogens (tertiary/aromatic N) is 2. The van der Waals surface area contributed by atoms with Crippen molar-refractivity contribution in [3.8, 4) is 17.9 Å². The van der Waals surface area contributed by atoms with Gasteiger partial charge in [0, 0.05) is 25.6 Å². The average Bonchev–Trinajstić information content (AvgIpc) is 3.57. The van der Waals surface area contributed by atoms with E-state index in [-0.39, 0.29) is 24.0 Å². The molecule has 0 spiro atoms. The minimum atomic E-state index is -0.104. The molecule has 0 saturated carbocycles. The highest BCUT2D eigenvalue weighted by Gasteiger charge is 2.28. The van der Waals surface area contributed by atoms with Gasteiger partial charge in [0.1, 0.15) is 11.9 Å². The van der Waals surface area contributed by atoms with Gasteiger partial charge < -0.3 is 15.4 Å². The highest BCUT2D eigenvalue weighted by atomic mass is 35.5. The van der Waals surface area contributed by atoms with Crippen LogP contribution in [-0.4, -0.2) is 18.5 Å². The summed E-state index contributed by atoms with van der Waals surface area (Å²) < 4.78 is 6.81. The predicted octanol–water partition coefficient (Wildman–Crippen LogP) is 10.4. The number of benzene rings is 3. The molecule has 3 atom stereocenters. The number of ether oxygens (including phenoxy) is 1. The number of amides is 1. The Bertz CT molecular complexity index is 1890. The number of fused-ring (bicyclic) bond motifs is 1. The maximum Gasteiger partial charge on any atom is 0.220 e. The van der Waals surface area contributed by atoms with Gasteiger partial charge in [0.25, 0.3) is 0 Å². The van der Waals surface area contributed by atoms with Crippen LogP contribution in [-0.2, 0) is 30.6 Å². The molecule has 7 heteroatoms. The van der Waals surface area contributed by atoms with Gasteiger partial charge in [-0.3, -0.25) is 4.79 Å². The summed E-state index contributed by atoms with van der Waals surface area (Å²) in [5.74, 6) is 0.995. The van der Waals surface area contributed by atoms with Crippen LogP contribution >= 0.6 is 11.6 Å². The lowest BCUT2D eigenvalue weighted by Gasteiger charge is -2.25. The molecule has 1 fully saturated rings. The second-order valence-corrected chi connectivity index (χ2v) is 15.1. The van der Waals surface area contributed by atoms with Crippen molar-refractivity contribution in [2.75, 3.05) is 6.54 Å². The Labute approximate surface area is 321 Å². The van der Waals surface area contributed by atoms with Crippen LogP contribution in [0.25, 0.3) is 5.57 Å². The van der Waals surface area contributed by atoms with Crippen LogP contribution in [0.4, 0.5) is 0 Å². The zero-order valence-electron chi connectivity index (χ0n) is 31.6. The fourth-order valence-electron chi connectivity index (χ4n) is 7.61. The van der Waals surface area contributed by atoms with Crippen molar-refractivity contribution in [3.05, 3.63) is 128 Å². The van der Waals surface area contributed by atoms with Gasteiger partial charge in [-0.05, 0) is 127 Å². The molecule has 2 N–H and O–H groups in total. The standard InChI is InChI=1S/C46H53ClN4O2/c1-5-7-8-11-31(3)12-9-13-36(6-2)40-14-10-15-42-41(40)17-18-44(42)53-45-26-37(21-32(4)20-33-22-34(27-48)24-35(23-33)28-49)38(25-43(45)47)29-50-39-16-19-46(52)51-30-39/h9-10,12-15,22-26,32,39,44,50H,3,5-8,11,16-21,29-30H2,1-2,4H3,(H,51,52)/b12-9-,36-13+/t32?,39?,44-/m0/s1. The van der Waals surface area contributed by atoms with E-state index in [1.165, 1.54) is 47.1 Å². The number of hydrogen-bond donors (Lipinski definition) is 2. The number of carbonyl (C=O) groups is 1. The number of allylic oxidation sites excluding steroid dienone is 5. The second-order valence-electron chi connectivity index (χ2n) is 14.7. The summed E-state index contributed by atoms with van der Waals surface area (Å²) in [6.07, 6.45) is 16.7. The van der Waals surface area contributed by atoms with Gasteiger partial charge in [0.2, 0.25) is 5.91 Å². The maximum atomic E-state index is 11.7. The van der Waals surface area contributed by atoms with Gasteiger partial charge in [0.05, 0.1) is 28.3 Å². The topological polar surface area (TPSA) is 97.9 Å². The highest BCUT2D eigenvalue weighted by Crippen LogP contribution is 2.41. The molecule has 53 heavy (non-hydrogen) atoms. The molecule has 3 aromatic rings. The predicted molar refractivity (Wildman–Crippen MR) is 216 cm³/mol. The average molecular weight is 729 g/mol. The summed E-state index contributed by atoms with van der Waals surface area (Å²) in [5, 5.41) is 26.2. The summed E-state index contributed by atoms with van der Waals surface area (Å²) in [7, 11) is 0. The molecule has 3 aromatic carbocycles. The Morgan fingerprint density at radius 2 is 1.85 bits per heavy atom. The summed E-state index contributed by atoms with van der Waals surface area (Å²) in [6, 6.07) is 20.7. The van der Waals surface area contributed by atoms with Crippen molar-refractivity contribution in [2.45, 2.75) is 110 Å². The lowest BCUT2D eigenvalue weighted by atomic mass is 9.90. The third kappa shape index (κ3) is 11.0. The Morgan fingerprint density at radius 1 is 1.06 bits per heavy atom. The molecule has 2 unspecified atom stereocenters. The first-order valence-electron chi connectivity index (χ1n) is 19.3. The van der Waals surface area contributed by atoms with Crippen LogP contribution in [0.1, 0.15) is 123 Å². The number of hydrogen-bond acceptors (Lipinski definition) is 5. The molecular weight excluding hydrogens is 676 g/mol. The zero-order valence-corrected chi connectivity index (χ0v) is 32.3. The van der Waals surface area contributed by atoms with Gasteiger partial charge in [-0.1, -0.05) is 93.8 Å².